The number of amides is 1. The molecule has 1 amide bonds. The van der Waals surface area contributed by atoms with E-state index in [4.69, 9.17) is 22.1 Å². The molecule has 0 fully saturated rings. The van der Waals surface area contributed by atoms with Crippen LogP contribution in [0.1, 0.15) is 11.7 Å². The molecule has 10 heteroatoms. The smallest absolute Gasteiger partial charge is 0.302 e. The van der Waals surface area contributed by atoms with E-state index in [9.17, 15) is 24.6 Å². The molecule has 1 aliphatic heterocycles. The summed E-state index contributed by atoms with van der Waals surface area (Å²) >= 11 is 5.58. The van der Waals surface area contributed by atoms with Crippen LogP contribution in [-0.2, 0) is 4.79 Å². The van der Waals surface area contributed by atoms with E-state index in [2.05, 4.69) is 4.98 Å². The van der Waals surface area contributed by atoms with Crippen LogP contribution in [-0.4, -0.2) is 32.0 Å². The molecule has 0 saturated heterocycles. The zero-order valence-electron chi connectivity index (χ0n) is 11.8. The van der Waals surface area contributed by atoms with Crippen LogP contribution in [0.15, 0.2) is 30.5 Å². The van der Waals surface area contributed by atoms with E-state index in [-0.39, 0.29) is 33.0 Å². The Hall–Kier alpha value is -2.30. The molecule has 8 nitrogen and oxygen atoms in total. The Labute approximate surface area is 139 Å². The minimum absolute atomic E-state index is 0.0355. The maximum atomic E-state index is 13.4. The number of anilines is 1. The number of hydroxylamine groups is 1. The van der Waals surface area contributed by atoms with E-state index in [0.29, 0.717) is 0 Å². The predicted octanol–water partition coefficient (Wildman–Crippen LogP) is 1.08. The van der Waals surface area contributed by atoms with Crippen LogP contribution in [0.5, 0.6) is 11.5 Å². The fraction of sp³-hybridized carbons (Fsp3) is 0.143. The van der Waals surface area contributed by atoms with Gasteiger partial charge in [0, 0.05) is 11.6 Å². The summed E-state index contributed by atoms with van der Waals surface area (Å²) in [5.74, 6) is -2.18. The molecule has 1 aliphatic rings. The Morgan fingerprint density at radius 1 is 1.38 bits per heavy atom. The zero-order chi connectivity index (χ0) is 17.6. The first-order valence-electron chi connectivity index (χ1n) is 6.57. The molecular formula is C14H11ClFN3O5. The predicted molar refractivity (Wildman–Crippen MR) is 79.1 cm³/mol. The maximum absolute atomic E-state index is 13.4. The van der Waals surface area contributed by atoms with Crippen molar-refractivity contribution in [3.8, 4) is 11.5 Å². The van der Waals surface area contributed by atoms with E-state index in [1.54, 1.807) is 0 Å². The minimum atomic E-state index is -2.73. The third-order valence-electron chi connectivity index (χ3n) is 3.44. The summed E-state index contributed by atoms with van der Waals surface area (Å²) in [6.07, 6.45) is -0.712. The van der Waals surface area contributed by atoms with Crippen LogP contribution in [0, 0.1) is 5.82 Å². The van der Waals surface area contributed by atoms with Gasteiger partial charge < -0.3 is 14.9 Å². The van der Waals surface area contributed by atoms with Crippen molar-refractivity contribution < 1.29 is 29.3 Å². The first kappa shape index (κ1) is 16.6. The van der Waals surface area contributed by atoms with Crippen molar-refractivity contribution in [3.63, 3.8) is 0 Å². The number of pyridine rings is 1. The van der Waals surface area contributed by atoms with E-state index in [1.807, 2.05) is 0 Å². The molecule has 0 saturated carbocycles. The molecule has 0 bridgehead atoms. The normalized spacial score (nSPS) is 23.2. The van der Waals surface area contributed by atoms with Gasteiger partial charge in [0.05, 0.1) is 11.2 Å². The summed E-state index contributed by atoms with van der Waals surface area (Å²) in [6, 6.07) is 4.94. The fourth-order valence-electron chi connectivity index (χ4n) is 2.18. The van der Waals surface area contributed by atoms with Crippen LogP contribution in [0.25, 0.3) is 0 Å². The van der Waals surface area contributed by atoms with Crippen molar-refractivity contribution >= 4 is 23.3 Å². The Balaban J connectivity index is 1.98. The summed E-state index contributed by atoms with van der Waals surface area (Å²) in [5.41, 5.74) is 2.46. The maximum Gasteiger partial charge on any atom is 0.302 e. The second-order valence-corrected chi connectivity index (χ2v) is 5.51. The zero-order valence-corrected chi connectivity index (χ0v) is 12.6. The topological polar surface area (TPSA) is 129 Å². The number of aliphatic hydroxyl groups is 2. The number of ether oxygens (including phenoxy) is 1. The lowest BCUT2D eigenvalue weighted by atomic mass is 9.95. The number of hydrogen-bond donors (Lipinski definition) is 4. The van der Waals surface area contributed by atoms with Crippen molar-refractivity contribution in [1.29, 1.82) is 0 Å². The summed E-state index contributed by atoms with van der Waals surface area (Å²) in [5, 5.41) is 29.5. The van der Waals surface area contributed by atoms with Gasteiger partial charge in [-0.25, -0.2) is 9.37 Å². The van der Waals surface area contributed by atoms with E-state index >= 15 is 0 Å². The van der Waals surface area contributed by atoms with Gasteiger partial charge in [0.1, 0.15) is 23.4 Å². The third-order valence-corrected chi connectivity index (χ3v) is 3.75. The van der Waals surface area contributed by atoms with Crippen molar-refractivity contribution in [2.75, 3.05) is 5.06 Å². The number of fused-ring (bicyclic) bond motifs is 1. The lowest BCUT2D eigenvalue weighted by Gasteiger charge is -2.36. The number of nitrogens with two attached hydrogens (primary N) is 1. The van der Waals surface area contributed by atoms with Gasteiger partial charge in [-0.15, -0.1) is 0 Å². The molecule has 0 radical (unpaired) electrons. The first-order valence-corrected chi connectivity index (χ1v) is 6.95. The van der Waals surface area contributed by atoms with Gasteiger partial charge in [-0.2, -0.15) is 5.06 Å². The average Bonchev–Trinajstić information content (AvgIpc) is 2.55. The fourth-order valence-corrected chi connectivity index (χ4v) is 2.30. The van der Waals surface area contributed by atoms with Gasteiger partial charge in [0.15, 0.2) is 5.82 Å². The highest BCUT2D eigenvalue weighted by Gasteiger charge is 2.50. The molecule has 2 unspecified atom stereocenters. The number of halogens is 2. The number of nitrogens with zero attached hydrogens (tertiary/aromatic N) is 2. The Morgan fingerprint density at radius 2 is 2.08 bits per heavy atom. The summed E-state index contributed by atoms with van der Waals surface area (Å²) in [4.78, 5) is 15.5. The standard InChI is InChI=1S/C14H11ClFN3O5/c15-9-2-1-6(4-10(9)16)24-7-3-8-11(20)14(17,22)13(21)19(23)12(8)18-5-7/h1-5,11,20,22-23H,17H2. The largest absolute Gasteiger partial charge is 0.456 e. The number of aromatic nitrogens is 1. The van der Waals surface area contributed by atoms with Gasteiger partial charge >= 0.3 is 5.91 Å². The SMILES string of the molecule is NC1(O)C(=O)N(O)c2ncc(Oc3ccc(Cl)c(F)c3)cc2C1O. The van der Waals surface area contributed by atoms with Gasteiger partial charge in [-0.05, 0) is 18.2 Å². The lowest BCUT2D eigenvalue weighted by Crippen LogP contribution is -2.61. The van der Waals surface area contributed by atoms with Gasteiger partial charge in [0.25, 0.3) is 0 Å². The molecule has 3 rings (SSSR count). The first-order chi connectivity index (χ1) is 11.2. The van der Waals surface area contributed by atoms with Crippen LogP contribution in [0.4, 0.5) is 10.2 Å². The number of rotatable bonds is 2. The summed E-state index contributed by atoms with van der Waals surface area (Å²) in [7, 11) is 0. The van der Waals surface area contributed by atoms with E-state index in [0.717, 1.165) is 12.3 Å². The molecule has 2 atom stereocenters. The number of benzene rings is 1. The lowest BCUT2D eigenvalue weighted by molar-refractivity contribution is -0.158. The average molecular weight is 356 g/mol. The Morgan fingerprint density at radius 3 is 2.75 bits per heavy atom. The molecule has 2 aromatic rings. The molecular weight excluding hydrogens is 345 g/mol. The molecule has 1 aromatic heterocycles. The second kappa shape index (κ2) is 5.65. The molecule has 2 heterocycles. The highest BCUT2D eigenvalue weighted by atomic mass is 35.5. The van der Waals surface area contributed by atoms with Gasteiger partial charge in [0.2, 0.25) is 5.72 Å². The molecule has 5 N–H and O–H groups in total. The molecule has 0 spiro atoms. The van der Waals surface area contributed by atoms with Crippen molar-refractivity contribution in [3.05, 3.63) is 46.9 Å². The van der Waals surface area contributed by atoms with Crippen molar-refractivity contribution in [2.45, 2.75) is 11.8 Å². The van der Waals surface area contributed by atoms with Crippen LogP contribution >= 0.6 is 11.6 Å². The Bertz CT molecular complexity index is 832. The highest BCUT2D eigenvalue weighted by Crippen LogP contribution is 2.38. The summed E-state index contributed by atoms with van der Waals surface area (Å²) < 4.78 is 18.8. The van der Waals surface area contributed by atoms with Crippen molar-refractivity contribution in [2.24, 2.45) is 5.73 Å². The second-order valence-electron chi connectivity index (χ2n) is 5.11. The van der Waals surface area contributed by atoms with Crippen molar-refractivity contribution in [1.82, 2.24) is 4.98 Å². The number of carbonyl (C=O) groups excluding carboxylic acids is 1. The molecule has 0 aliphatic carbocycles. The molecule has 126 valence electrons. The number of hydrogen-bond acceptors (Lipinski definition) is 7. The van der Waals surface area contributed by atoms with Crippen LogP contribution in [0.2, 0.25) is 5.02 Å². The highest BCUT2D eigenvalue weighted by molar-refractivity contribution is 6.30. The van der Waals surface area contributed by atoms with Gasteiger partial charge in [-0.3, -0.25) is 15.7 Å². The number of carbonyl (C=O) groups is 1. The minimum Gasteiger partial charge on any atom is -0.456 e. The Kier molecular flexibility index (Phi) is 3.90. The summed E-state index contributed by atoms with van der Waals surface area (Å²) in [6.45, 7) is 0. The monoisotopic (exact) mass is 355 g/mol. The van der Waals surface area contributed by atoms with E-state index in [1.165, 1.54) is 18.2 Å². The molecule has 24 heavy (non-hydrogen) atoms. The molecule has 1 aromatic carbocycles. The van der Waals surface area contributed by atoms with Gasteiger partial charge in [-0.1, -0.05) is 11.6 Å². The quantitative estimate of drug-likeness (QED) is 0.468. The van der Waals surface area contributed by atoms with Crippen LogP contribution < -0.4 is 15.5 Å². The van der Waals surface area contributed by atoms with E-state index < -0.39 is 23.6 Å². The number of aliphatic hydroxyl groups excluding tert-OH is 1. The van der Waals surface area contributed by atoms with Crippen LogP contribution in [0.3, 0.4) is 0 Å². The third kappa shape index (κ3) is 2.58.